The van der Waals surface area contributed by atoms with Crippen LogP contribution in [0.2, 0.25) is 5.02 Å². The number of aromatic nitrogens is 3. The largest absolute Gasteiger partial charge is 0.329 e. The van der Waals surface area contributed by atoms with E-state index in [2.05, 4.69) is 10.3 Å². The fourth-order valence-corrected chi connectivity index (χ4v) is 1.80. The summed E-state index contributed by atoms with van der Waals surface area (Å²) in [6, 6.07) is 7.21. The summed E-state index contributed by atoms with van der Waals surface area (Å²) in [5, 5.41) is 8.27. The van der Waals surface area contributed by atoms with Gasteiger partial charge < -0.3 is 5.73 Å². The van der Waals surface area contributed by atoms with Crippen molar-refractivity contribution in [1.29, 1.82) is 0 Å². The molecule has 1 heterocycles. The molecule has 0 unspecified atom stereocenters. The molecule has 6 heteroatoms. The summed E-state index contributed by atoms with van der Waals surface area (Å²) in [5.41, 5.74) is 6.61. The van der Waals surface area contributed by atoms with Gasteiger partial charge in [0.05, 0.1) is 12.7 Å². The Balaban J connectivity index is 2.07. The van der Waals surface area contributed by atoms with E-state index in [-0.39, 0.29) is 12.2 Å². The topological polar surface area (TPSA) is 73.8 Å². The Labute approximate surface area is 110 Å². The van der Waals surface area contributed by atoms with Crippen LogP contribution < -0.4 is 5.73 Å². The molecule has 0 aliphatic rings. The number of hydrogen-bond acceptors (Lipinski definition) is 4. The normalized spacial score (nSPS) is 10.6. The van der Waals surface area contributed by atoms with Crippen LogP contribution in [0.25, 0.3) is 0 Å². The highest BCUT2D eigenvalue weighted by Gasteiger charge is 2.11. The molecule has 94 valence electrons. The lowest BCUT2D eigenvalue weighted by molar-refractivity contribution is 0.0988. The summed E-state index contributed by atoms with van der Waals surface area (Å²) in [5.74, 6) is -0.0828. The van der Waals surface area contributed by atoms with Gasteiger partial charge >= 0.3 is 0 Å². The lowest BCUT2D eigenvalue weighted by Gasteiger charge is -1.99. The van der Waals surface area contributed by atoms with Crippen LogP contribution in [0.15, 0.2) is 30.5 Å². The Morgan fingerprint density at radius 1 is 1.44 bits per heavy atom. The van der Waals surface area contributed by atoms with E-state index in [0.717, 1.165) is 5.56 Å². The summed E-state index contributed by atoms with van der Waals surface area (Å²) >= 11 is 5.86. The first-order valence-corrected chi connectivity index (χ1v) is 5.94. The van der Waals surface area contributed by atoms with Gasteiger partial charge in [0.25, 0.3) is 0 Å². The third-order valence-electron chi connectivity index (χ3n) is 2.44. The van der Waals surface area contributed by atoms with E-state index in [4.69, 9.17) is 17.3 Å². The molecule has 0 bridgehead atoms. The second-order valence-corrected chi connectivity index (χ2v) is 4.32. The summed E-state index contributed by atoms with van der Waals surface area (Å²) in [4.78, 5) is 12.0. The third kappa shape index (κ3) is 3.15. The molecular formula is C12H13ClN4O. The summed E-state index contributed by atoms with van der Waals surface area (Å²) < 4.78 is 1.56. The number of hydrogen-bond donors (Lipinski definition) is 1. The average molecular weight is 265 g/mol. The highest BCUT2D eigenvalue weighted by molar-refractivity contribution is 6.30. The van der Waals surface area contributed by atoms with Gasteiger partial charge in [0.15, 0.2) is 5.78 Å². The van der Waals surface area contributed by atoms with E-state index in [1.165, 1.54) is 0 Å². The van der Waals surface area contributed by atoms with Crippen molar-refractivity contribution < 1.29 is 4.79 Å². The van der Waals surface area contributed by atoms with Crippen LogP contribution in [0.3, 0.4) is 0 Å². The van der Waals surface area contributed by atoms with Gasteiger partial charge in [-0.15, -0.1) is 5.10 Å². The quantitative estimate of drug-likeness (QED) is 0.827. The Hall–Kier alpha value is -1.72. The van der Waals surface area contributed by atoms with Gasteiger partial charge in [0, 0.05) is 18.0 Å². The predicted molar refractivity (Wildman–Crippen MR) is 68.6 cm³/mol. The lowest BCUT2D eigenvalue weighted by Crippen LogP contribution is -2.10. The zero-order valence-corrected chi connectivity index (χ0v) is 10.5. The van der Waals surface area contributed by atoms with Gasteiger partial charge in [-0.2, -0.15) is 0 Å². The summed E-state index contributed by atoms with van der Waals surface area (Å²) in [7, 11) is 0. The van der Waals surface area contributed by atoms with Crippen molar-refractivity contribution in [2.75, 3.05) is 6.54 Å². The first-order valence-electron chi connectivity index (χ1n) is 5.57. The molecule has 1 aromatic heterocycles. The zero-order valence-electron chi connectivity index (χ0n) is 9.71. The maximum atomic E-state index is 12.0. The molecule has 18 heavy (non-hydrogen) atoms. The number of halogens is 1. The van der Waals surface area contributed by atoms with E-state index in [1.54, 1.807) is 23.0 Å². The first-order chi connectivity index (χ1) is 8.69. The number of carbonyl (C=O) groups is 1. The van der Waals surface area contributed by atoms with Crippen molar-refractivity contribution in [3.05, 3.63) is 46.7 Å². The van der Waals surface area contributed by atoms with Crippen molar-refractivity contribution >= 4 is 17.4 Å². The summed E-state index contributed by atoms with van der Waals surface area (Å²) in [6.07, 6.45) is 1.88. The average Bonchev–Trinajstić information content (AvgIpc) is 2.78. The molecule has 0 saturated heterocycles. The fraction of sp³-hybridized carbons (Fsp3) is 0.250. The molecule has 2 aromatic rings. The van der Waals surface area contributed by atoms with Crippen LogP contribution in [0.1, 0.15) is 16.1 Å². The maximum Gasteiger partial charge on any atom is 0.189 e. The molecule has 0 aliphatic heterocycles. The van der Waals surface area contributed by atoms with Crippen LogP contribution in [-0.2, 0) is 13.0 Å². The lowest BCUT2D eigenvalue weighted by atomic mass is 10.1. The van der Waals surface area contributed by atoms with Crippen LogP contribution in [0.4, 0.5) is 0 Å². The second-order valence-electron chi connectivity index (χ2n) is 3.89. The second kappa shape index (κ2) is 5.75. The van der Waals surface area contributed by atoms with Crippen molar-refractivity contribution in [3.8, 4) is 0 Å². The van der Waals surface area contributed by atoms with Crippen molar-refractivity contribution in [1.82, 2.24) is 15.0 Å². The molecule has 2 rings (SSSR count). The van der Waals surface area contributed by atoms with Crippen molar-refractivity contribution in [3.63, 3.8) is 0 Å². The monoisotopic (exact) mass is 264 g/mol. The molecule has 0 spiro atoms. The zero-order chi connectivity index (χ0) is 13.0. The van der Waals surface area contributed by atoms with Crippen LogP contribution in [0.5, 0.6) is 0 Å². The molecule has 0 saturated carbocycles. The highest BCUT2D eigenvalue weighted by Crippen LogP contribution is 2.12. The smallest absolute Gasteiger partial charge is 0.189 e. The predicted octanol–water partition coefficient (Wildman–Crippen LogP) is 1.32. The minimum atomic E-state index is -0.0828. The molecule has 0 radical (unpaired) electrons. The van der Waals surface area contributed by atoms with Crippen molar-refractivity contribution in [2.45, 2.75) is 13.0 Å². The number of ketones is 1. The third-order valence-corrected chi connectivity index (χ3v) is 2.67. The highest BCUT2D eigenvalue weighted by atomic mass is 35.5. The molecule has 5 nitrogen and oxygen atoms in total. The summed E-state index contributed by atoms with van der Waals surface area (Å²) in [6.45, 7) is 1.02. The van der Waals surface area contributed by atoms with Gasteiger partial charge in [-0.1, -0.05) is 28.9 Å². The minimum Gasteiger partial charge on any atom is -0.329 e. The van der Waals surface area contributed by atoms with Crippen LogP contribution in [0, 0.1) is 0 Å². The van der Waals surface area contributed by atoms with Crippen LogP contribution in [-0.4, -0.2) is 27.3 Å². The van der Waals surface area contributed by atoms with E-state index in [0.29, 0.717) is 23.8 Å². The molecule has 2 N–H and O–H groups in total. The number of nitrogens with zero attached hydrogens (tertiary/aromatic N) is 3. The molecule has 0 amide bonds. The Bertz CT molecular complexity index is 553. The minimum absolute atomic E-state index is 0.0828. The van der Waals surface area contributed by atoms with E-state index in [1.807, 2.05) is 12.1 Å². The fourth-order valence-electron chi connectivity index (χ4n) is 1.59. The molecular weight excluding hydrogens is 252 g/mol. The van der Waals surface area contributed by atoms with Gasteiger partial charge in [-0.05, 0) is 17.7 Å². The molecule has 0 atom stereocenters. The van der Waals surface area contributed by atoms with Gasteiger partial charge in [-0.25, -0.2) is 0 Å². The van der Waals surface area contributed by atoms with E-state index in [9.17, 15) is 4.79 Å². The Morgan fingerprint density at radius 2 is 2.28 bits per heavy atom. The molecule has 0 aliphatic carbocycles. The number of nitrogens with two attached hydrogens (primary N) is 1. The SMILES string of the molecule is NCCn1cc(C(=O)Cc2cccc(Cl)c2)nn1. The Morgan fingerprint density at radius 3 is 3.00 bits per heavy atom. The number of benzene rings is 1. The van der Waals surface area contributed by atoms with Crippen LogP contribution >= 0.6 is 11.6 Å². The van der Waals surface area contributed by atoms with Crippen molar-refractivity contribution in [2.24, 2.45) is 5.73 Å². The number of carbonyl (C=O) groups excluding carboxylic acids is 1. The van der Waals surface area contributed by atoms with E-state index < -0.39 is 0 Å². The van der Waals surface area contributed by atoms with Gasteiger partial charge in [0.2, 0.25) is 0 Å². The first kappa shape index (κ1) is 12.7. The Kier molecular flexibility index (Phi) is 4.07. The van der Waals surface area contributed by atoms with E-state index >= 15 is 0 Å². The number of Topliss-reactive ketones (excluding diaryl/α,β-unsaturated/α-hetero) is 1. The molecule has 1 aromatic carbocycles. The maximum absolute atomic E-state index is 12.0. The standard InChI is InChI=1S/C12H13ClN4O/c13-10-3-1-2-9(6-10)7-12(18)11-8-17(5-4-14)16-15-11/h1-3,6,8H,4-5,7,14H2. The number of rotatable bonds is 5. The molecule has 0 fully saturated rings. The van der Waals surface area contributed by atoms with Gasteiger partial charge in [0.1, 0.15) is 5.69 Å². The van der Waals surface area contributed by atoms with Gasteiger partial charge in [-0.3, -0.25) is 9.48 Å².